The quantitative estimate of drug-likeness (QED) is 0.634. The fourth-order valence-corrected chi connectivity index (χ4v) is 2.57. The molecule has 0 spiro atoms. The van der Waals surface area contributed by atoms with Crippen molar-refractivity contribution in [1.82, 2.24) is 4.98 Å². The highest BCUT2D eigenvalue weighted by molar-refractivity contribution is 7.99. The second kappa shape index (κ2) is 7.54. The molecule has 110 valence electrons. The molecule has 0 saturated heterocycles. The number of hydrogen-bond donors (Lipinski definition) is 2. The van der Waals surface area contributed by atoms with E-state index in [9.17, 15) is 4.79 Å². The van der Waals surface area contributed by atoms with Gasteiger partial charge in [0.1, 0.15) is 5.75 Å². The van der Waals surface area contributed by atoms with Crippen molar-refractivity contribution in [3.8, 4) is 5.75 Å². The van der Waals surface area contributed by atoms with Gasteiger partial charge in [-0.1, -0.05) is 0 Å². The van der Waals surface area contributed by atoms with Gasteiger partial charge in [0.15, 0.2) is 0 Å². The number of benzene rings is 1. The molecule has 1 heterocycles. The maximum absolute atomic E-state index is 11.9. The molecular weight excluding hydrogens is 286 g/mol. The smallest absolute Gasteiger partial charge is 0.225 e. The van der Waals surface area contributed by atoms with Crippen LogP contribution in [0.15, 0.2) is 47.6 Å². The number of pyridine rings is 1. The summed E-state index contributed by atoms with van der Waals surface area (Å²) in [5, 5.41) is 2.82. The van der Waals surface area contributed by atoms with Gasteiger partial charge in [-0.3, -0.25) is 9.78 Å². The third-order valence-corrected chi connectivity index (χ3v) is 3.76. The Kier molecular flexibility index (Phi) is 5.45. The summed E-state index contributed by atoms with van der Waals surface area (Å²) in [6, 6.07) is 8.99. The molecule has 21 heavy (non-hydrogen) atoms. The predicted molar refractivity (Wildman–Crippen MR) is 85.6 cm³/mol. The molecule has 6 heteroatoms. The fraction of sp³-hybridized carbons (Fsp3) is 0.200. The Bertz CT molecular complexity index is 605. The standard InChI is InChI=1S/C15H17N3O2S/c1-20-14-3-2-11(16)10-13(14)18-15(19)6-9-21-12-4-7-17-8-5-12/h2-5,7-8,10H,6,9,16H2,1H3,(H,18,19). The Balaban J connectivity index is 1.86. The zero-order valence-electron chi connectivity index (χ0n) is 11.7. The van der Waals surface area contributed by atoms with Crippen LogP contribution in [0.3, 0.4) is 0 Å². The lowest BCUT2D eigenvalue weighted by Gasteiger charge is -2.10. The summed E-state index contributed by atoms with van der Waals surface area (Å²) in [6.07, 6.45) is 3.88. The van der Waals surface area contributed by atoms with Crippen molar-refractivity contribution in [2.24, 2.45) is 0 Å². The maximum Gasteiger partial charge on any atom is 0.225 e. The summed E-state index contributed by atoms with van der Waals surface area (Å²) >= 11 is 1.62. The molecule has 0 bridgehead atoms. The first-order valence-corrected chi connectivity index (χ1v) is 7.44. The minimum atomic E-state index is -0.0690. The van der Waals surface area contributed by atoms with Gasteiger partial charge < -0.3 is 15.8 Å². The molecule has 5 nitrogen and oxygen atoms in total. The van der Waals surface area contributed by atoms with Gasteiger partial charge in [0.05, 0.1) is 12.8 Å². The molecule has 1 aromatic carbocycles. The van der Waals surface area contributed by atoms with Gasteiger partial charge in [0, 0.05) is 35.2 Å². The van der Waals surface area contributed by atoms with Crippen LogP contribution in [0.4, 0.5) is 11.4 Å². The lowest BCUT2D eigenvalue weighted by atomic mass is 10.2. The van der Waals surface area contributed by atoms with E-state index in [2.05, 4.69) is 10.3 Å². The van der Waals surface area contributed by atoms with Crippen LogP contribution < -0.4 is 15.8 Å². The number of amides is 1. The first-order valence-electron chi connectivity index (χ1n) is 6.45. The summed E-state index contributed by atoms with van der Waals surface area (Å²) < 4.78 is 5.19. The number of hydrogen-bond acceptors (Lipinski definition) is 5. The number of rotatable bonds is 6. The Labute approximate surface area is 127 Å². The first kappa shape index (κ1) is 15.2. The number of nitrogen functional groups attached to an aromatic ring is 1. The molecule has 2 aromatic rings. The number of carbonyl (C=O) groups excluding carboxylic acids is 1. The van der Waals surface area contributed by atoms with Gasteiger partial charge in [-0.25, -0.2) is 0 Å². The SMILES string of the molecule is COc1ccc(N)cc1NC(=O)CCSc1ccncc1. The van der Waals surface area contributed by atoms with Crippen LogP contribution in [-0.2, 0) is 4.79 Å². The summed E-state index contributed by atoms with van der Waals surface area (Å²) in [7, 11) is 1.56. The summed E-state index contributed by atoms with van der Waals surface area (Å²) in [6.45, 7) is 0. The van der Waals surface area contributed by atoms with Crippen molar-refractivity contribution in [2.75, 3.05) is 23.9 Å². The van der Waals surface area contributed by atoms with E-state index in [0.717, 1.165) is 4.90 Å². The number of nitrogens with one attached hydrogen (secondary N) is 1. The highest BCUT2D eigenvalue weighted by Gasteiger charge is 2.08. The minimum absolute atomic E-state index is 0.0690. The van der Waals surface area contributed by atoms with E-state index in [1.807, 2.05) is 12.1 Å². The largest absolute Gasteiger partial charge is 0.495 e. The molecule has 0 aliphatic rings. The fourth-order valence-electron chi connectivity index (χ4n) is 1.73. The minimum Gasteiger partial charge on any atom is -0.495 e. The highest BCUT2D eigenvalue weighted by atomic mass is 32.2. The monoisotopic (exact) mass is 303 g/mol. The highest BCUT2D eigenvalue weighted by Crippen LogP contribution is 2.26. The van der Waals surface area contributed by atoms with E-state index >= 15 is 0 Å². The van der Waals surface area contributed by atoms with Crippen LogP contribution in [0.1, 0.15) is 6.42 Å². The van der Waals surface area contributed by atoms with E-state index in [0.29, 0.717) is 29.3 Å². The molecule has 2 rings (SSSR count). The van der Waals surface area contributed by atoms with Gasteiger partial charge in [-0.15, -0.1) is 11.8 Å². The zero-order chi connectivity index (χ0) is 15.1. The summed E-state index contributed by atoms with van der Waals surface area (Å²) in [5.74, 6) is 1.22. The van der Waals surface area contributed by atoms with Gasteiger partial charge in [-0.2, -0.15) is 0 Å². The van der Waals surface area contributed by atoms with E-state index in [1.165, 1.54) is 0 Å². The Morgan fingerprint density at radius 3 is 2.81 bits per heavy atom. The van der Waals surface area contributed by atoms with Crippen molar-refractivity contribution in [2.45, 2.75) is 11.3 Å². The predicted octanol–water partition coefficient (Wildman–Crippen LogP) is 2.79. The normalized spacial score (nSPS) is 10.1. The van der Waals surface area contributed by atoms with Crippen molar-refractivity contribution < 1.29 is 9.53 Å². The number of ether oxygens (including phenoxy) is 1. The molecular formula is C15H17N3O2S. The first-order chi connectivity index (χ1) is 10.2. The number of nitrogens with zero attached hydrogens (tertiary/aromatic N) is 1. The molecule has 0 fully saturated rings. The number of thioether (sulfide) groups is 1. The Morgan fingerprint density at radius 1 is 1.33 bits per heavy atom. The van der Waals surface area contributed by atoms with E-state index in [1.54, 1.807) is 49.5 Å². The van der Waals surface area contributed by atoms with Gasteiger partial charge in [0.2, 0.25) is 5.91 Å². The third-order valence-electron chi connectivity index (χ3n) is 2.75. The molecule has 0 unspecified atom stereocenters. The Hall–Kier alpha value is -2.21. The van der Waals surface area contributed by atoms with Crippen LogP contribution in [-0.4, -0.2) is 23.8 Å². The second-order valence-electron chi connectivity index (χ2n) is 4.29. The molecule has 0 atom stereocenters. The van der Waals surface area contributed by atoms with E-state index < -0.39 is 0 Å². The zero-order valence-corrected chi connectivity index (χ0v) is 12.5. The summed E-state index contributed by atoms with van der Waals surface area (Å²) in [4.78, 5) is 17.0. The van der Waals surface area contributed by atoms with E-state index in [-0.39, 0.29) is 5.91 Å². The van der Waals surface area contributed by atoms with Crippen LogP contribution >= 0.6 is 11.8 Å². The number of anilines is 2. The van der Waals surface area contributed by atoms with Crippen LogP contribution in [0, 0.1) is 0 Å². The average molecular weight is 303 g/mol. The number of nitrogens with two attached hydrogens (primary N) is 1. The van der Waals surface area contributed by atoms with Gasteiger partial charge in [-0.05, 0) is 30.3 Å². The topological polar surface area (TPSA) is 77.2 Å². The number of carbonyl (C=O) groups is 1. The van der Waals surface area contributed by atoms with E-state index in [4.69, 9.17) is 10.5 Å². The van der Waals surface area contributed by atoms with Crippen LogP contribution in [0.5, 0.6) is 5.75 Å². The molecule has 1 amide bonds. The lowest BCUT2D eigenvalue weighted by Crippen LogP contribution is -2.13. The van der Waals surface area contributed by atoms with Crippen molar-refractivity contribution in [3.05, 3.63) is 42.7 Å². The van der Waals surface area contributed by atoms with Crippen molar-refractivity contribution in [3.63, 3.8) is 0 Å². The number of aromatic nitrogens is 1. The molecule has 3 N–H and O–H groups in total. The second-order valence-corrected chi connectivity index (χ2v) is 5.46. The molecule has 0 radical (unpaired) electrons. The van der Waals surface area contributed by atoms with Crippen LogP contribution in [0.25, 0.3) is 0 Å². The Morgan fingerprint density at radius 2 is 2.10 bits per heavy atom. The summed E-state index contributed by atoms with van der Waals surface area (Å²) in [5.41, 5.74) is 6.89. The van der Waals surface area contributed by atoms with Crippen molar-refractivity contribution in [1.29, 1.82) is 0 Å². The third kappa shape index (κ3) is 4.68. The van der Waals surface area contributed by atoms with Gasteiger partial charge >= 0.3 is 0 Å². The average Bonchev–Trinajstić information content (AvgIpc) is 2.48. The molecule has 0 saturated carbocycles. The molecule has 0 aliphatic heterocycles. The molecule has 0 aliphatic carbocycles. The molecule has 1 aromatic heterocycles. The lowest BCUT2D eigenvalue weighted by molar-refractivity contribution is -0.115. The maximum atomic E-state index is 11.9. The number of methoxy groups -OCH3 is 1. The van der Waals surface area contributed by atoms with Gasteiger partial charge in [0.25, 0.3) is 0 Å². The van der Waals surface area contributed by atoms with Crippen molar-refractivity contribution >= 4 is 29.0 Å². The van der Waals surface area contributed by atoms with Crippen LogP contribution in [0.2, 0.25) is 0 Å².